The summed E-state index contributed by atoms with van der Waals surface area (Å²) in [6.07, 6.45) is 2.65. The molecule has 0 saturated carbocycles. The molecule has 2 aliphatic heterocycles. The molecule has 4 aromatic rings. The number of thiazole rings is 1. The van der Waals surface area contributed by atoms with E-state index in [1.165, 1.54) is 10.9 Å². The van der Waals surface area contributed by atoms with E-state index in [9.17, 15) is 9.59 Å². The third-order valence-electron chi connectivity index (χ3n) is 7.52. The molecule has 0 spiro atoms. The number of hydrogen-bond donors (Lipinski definition) is 1. The van der Waals surface area contributed by atoms with Gasteiger partial charge in [-0.2, -0.15) is 0 Å². The van der Waals surface area contributed by atoms with Crippen molar-refractivity contribution in [2.75, 3.05) is 19.6 Å². The van der Waals surface area contributed by atoms with Crippen molar-refractivity contribution in [2.24, 2.45) is 0 Å². The van der Waals surface area contributed by atoms with E-state index >= 15 is 0 Å². The zero-order chi connectivity index (χ0) is 26.2. The number of fused-ring (bicyclic) bond motifs is 3. The van der Waals surface area contributed by atoms with Gasteiger partial charge in [0.1, 0.15) is 11.4 Å². The third-order valence-corrected chi connectivity index (χ3v) is 8.52. The largest absolute Gasteiger partial charge is 0.491 e. The van der Waals surface area contributed by atoms with Crippen molar-refractivity contribution in [1.29, 1.82) is 0 Å². The molecular formula is C30H32N4O3S. The quantitative estimate of drug-likeness (QED) is 0.364. The number of rotatable bonds is 5. The van der Waals surface area contributed by atoms with Gasteiger partial charge in [0.2, 0.25) is 0 Å². The summed E-state index contributed by atoms with van der Waals surface area (Å²) in [6, 6.07) is 15.7. The molecule has 38 heavy (non-hydrogen) atoms. The molecule has 0 bridgehead atoms. The number of aromatic amines is 1. The number of amides is 2. The predicted molar refractivity (Wildman–Crippen MR) is 149 cm³/mol. The highest BCUT2D eigenvalue weighted by Crippen LogP contribution is 2.32. The number of nitrogens with zero attached hydrogens (tertiary/aromatic N) is 3. The molecule has 6 rings (SSSR count). The van der Waals surface area contributed by atoms with Crippen molar-refractivity contribution in [2.45, 2.75) is 51.7 Å². The summed E-state index contributed by atoms with van der Waals surface area (Å²) in [7, 11) is 0. The van der Waals surface area contributed by atoms with Gasteiger partial charge >= 0.3 is 0 Å². The predicted octanol–water partition coefficient (Wildman–Crippen LogP) is 5.63. The average molecular weight is 529 g/mol. The molecule has 196 valence electrons. The van der Waals surface area contributed by atoms with Crippen molar-refractivity contribution >= 4 is 34.1 Å². The summed E-state index contributed by atoms with van der Waals surface area (Å²) < 4.78 is 5.68. The fourth-order valence-electron chi connectivity index (χ4n) is 5.56. The molecule has 1 saturated heterocycles. The van der Waals surface area contributed by atoms with E-state index in [1.807, 2.05) is 59.4 Å². The Morgan fingerprint density at radius 3 is 2.53 bits per heavy atom. The lowest BCUT2D eigenvalue weighted by Gasteiger charge is -2.31. The van der Waals surface area contributed by atoms with Crippen LogP contribution in [0, 0.1) is 0 Å². The lowest BCUT2D eigenvalue weighted by Crippen LogP contribution is -2.38. The molecule has 1 N–H and O–H groups in total. The van der Waals surface area contributed by atoms with Gasteiger partial charge in [0.15, 0.2) is 0 Å². The molecule has 7 nitrogen and oxygen atoms in total. The minimum absolute atomic E-state index is 0.00527. The standard InChI is InChI=1S/C30H32N4O3S/c1-19(2)37-22-9-7-21(8-10-22)29(35)33-14-11-20(12-15-33)28-32-27(18-38-28)30(36)34-16-13-24-23-5-3-4-6-25(23)31-26(24)17-34/h3-10,18-20,31H,11-17H2,1-2H3. The molecule has 0 atom stereocenters. The molecule has 0 radical (unpaired) electrons. The molecule has 1 fully saturated rings. The number of H-pyrrole nitrogens is 1. The van der Waals surface area contributed by atoms with Crippen molar-refractivity contribution in [3.8, 4) is 5.75 Å². The summed E-state index contributed by atoms with van der Waals surface area (Å²) in [4.78, 5) is 38.4. The molecule has 2 aliphatic rings. The lowest BCUT2D eigenvalue weighted by molar-refractivity contribution is 0.0712. The van der Waals surface area contributed by atoms with Gasteiger partial charge < -0.3 is 19.5 Å². The zero-order valence-corrected chi connectivity index (χ0v) is 22.6. The van der Waals surface area contributed by atoms with E-state index in [-0.39, 0.29) is 23.8 Å². The van der Waals surface area contributed by atoms with Crippen LogP contribution in [0.25, 0.3) is 10.9 Å². The highest BCUT2D eigenvalue weighted by atomic mass is 32.1. The number of nitrogens with one attached hydrogen (secondary N) is 1. The van der Waals surface area contributed by atoms with Crippen LogP contribution >= 0.6 is 11.3 Å². The van der Waals surface area contributed by atoms with Crippen LogP contribution in [0.5, 0.6) is 5.75 Å². The Morgan fingerprint density at radius 1 is 1.00 bits per heavy atom. The molecule has 2 aromatic carbocycles. The maximum Gasteiger partial charge on any atom is 0.273 e. The summed E-state index contributed by atoms with van der Waals surface area (Å²) in [5.41, 5.74) is 4.79. The van der Waals surface area contributed by atoms with Crippen molar-refractivity contribution in [3.63, 3.8) is 0 Å². The number of carbonyl (C=O) groups is 2. The molecule has 0 aliphatic carbocycles. The van der Waals surface area contributed by atoms with E-state index in [2.05, 4.69) is 23.2 Å². The van der Waals surface area contributed by atoms with Crippen LogP contribution in [-0.2, 0) is 13.0 Å². The zero-order valence-electron chi connectivity index (χ0n) is 21.8. The maximum absolute atomic E-state index is 13.3. The van der Waals surface area contributed by atoms with E-state index in [1.54, 1.807) is 11.3 Å². The van der Waals surface area contributed by atoms with E-state index in [0.29, 0.717) is 37.4 Å². The Hall–Kier alpha value is -3.65. The second-order valence-corrected chi connectivity index (χ2v) is 11.3. The summed E-state index contributed by atoms with van der Waals surface area (Å²) in [6.45, 7) is 6.62. The fourth-order valence-corrected chi connectivity index (χ4v) is 6.53. The van der Waals surface area contributed by atoms with Crippen LogP contribution in [0.1, 0.15) is 69.7 Å². The Kier molecular flexibility index (Phi) is 6.66. The van der Waals surface area contributed by atoms with Crippen LogP contribution in [0.4, 0.5) is 0 Å². The normalized spacial score (nSPS) is 16.2. The first-order chi connectivity index (χ1) is 18.5. The first-order valence-corrected chi connectivity index (χ1v) is 14.2. The fraction of sp³-hybridized carbons (Fsp3) is 0.367. The highest BCUT2D eigenvalue weighted by molar-refractivity contribution is 7.09. The minimum Gasteiger partial charge on any atom is -0.491 e. The Morgan fingerprint density at radius 2 is 1.76 bits per heavy atom. The van der Waals surface area contributed by atoms with Crippen molar-refractivity contribution in [3.05, 3.63) is 81.4 Å². The van der Waals surface area contributed by atoms with Crippen LogP contribution in [0.3, 0.4) is 0 Å². The number of piperidine rings is 1. The number of aromatic nitrogens is 2. The molecule has 0 unspecified atom stereocenters. The van der Waals surface area contributed by atoms with E-state index < -0.39 is 0 Å². The second-order valence-electron chi connectivity index (χ2n) is 10.4. The lowest BCUT2D eigenvalue weighted by atomic mass is 9.97. The second kappa shape index (κ2) is 10.3. The van der Waals surface area contributed by atoms with Crippen LogP contribution in [-0.4, -0.2) is 57.3 Å². The van der Waals surface area contributed by atoms with Crippen molar-refractivity contribution in [1.82, 2.24) is 19.8 Å². The van der Waals surface area contributed by atoms with Gasteiger partial charge in [-0.15, -0.1) is 11.3 Å². The third kappa shape index (κ3) is 4.80. The number of likely N-dealkylation sites (tertiary alicyclic amines) is 1. The maximum atomic E-state index is 13.3. The molecular weight excluding hydrogens is 496 g/mol. The van der Waals surface area contributed by atoms with Crippen molar-refractivity contribution < 1.29 is 14.3 Å². The van der Waals surface area contributed by atoms with Gasteiger partial charge in [0.25, 0.3) is 11.8 Å². The molecule has 4 heterocycles. The first-order valence-electron chi connectivity index (χ1n) is 13.4. The monoisotopic (exact) mass is 528 g/mol. The number of carbonyl (C=O) groups excluding carboxylic acids is 2. The molecule has 2 amide bonds. The van der Waals surface area contributed by atoms with Crippen LogP contribution < -0.4 is 4.74 Å². The highest BCUT2D eigenvalue weighted by Gasteiger charge is 2.29. The summed E-state index contributed by atoms with van der Waals surface area (Å²) in [5, 5.41) is 4.16. The summed E-state index contributed by atoms with van der Waals surface area (Å²) in [5.74, 6) is 1.09. The number of ether oxygens (including phenoxy) is 1. The molecule has 2 aromatic heterocycles. The van der Waals surface area contributed by atoms with Gasteiger partial charge in [-0.1, -0.05) is 18.2 Å². The topological polar surface area (TPSA) is 78.5 Å². The van der Waals surface area contributed by atoms with Gasteiger partial charge in [-0.3, -0.25) is 9.59 Å². The van der Waals surface area contributed by atoms with Gasteiger partial charge in [-0.25, -0.2) is 4.98 Å². The van der Waals surface area contributed by atoms with E-state index in [4.69, 9.17) is 9.72 Å². The van der Waals surface area contributed by atoms with Gasteiger partial charge in [0, 0.05) is 53.1 Å². The van der Waals surface area contributed by atoms with Gasteiger partial charge in [0.05, 0.1) is 17.7 Å². The molecule has 8 heteroatoms. The number of hydrogen-bond acceptors (Lipinski definition) is 5. The SMILES string of the molecule is CC(C)Oc1ccc(C(=O)N2CCC(c3nc(C(=O)N4CCc5c([nH]c6ccccc56)C4)cs3)CC2)cc1. The number of para-hydroxylation sites is 1. The van der Waals surface area contributed by atoms with Gasteiger partial charge in [-0.05, 0) is 69.0 Å². The Balaban J connectivity index is 1.06. The number of benzene rings is 2. The van der Waals surface area contributed by atoms with Crippen LogP contribution in [0.2, 0.25) is 0 Å². The Labute approximate surface area is 226 Å². The smallest absolute Gasteiger partial charge is 0.273 e. The summed E-state index contributed by atoms with van der Waals surface area (Å²) >= 11 is 1.57. The average Bonchev–Trinajstić information content (AvgIpc) is 3.57. The Bertz CT molecular complexity index is 1460. The van der Waals surface area contributed by atoms with Crippen LogP contribution in [0.15, 0.2) is 53.9 Å². The van der Waals surface area contributed by atoms with E-state index in [0.717, 1.165) is 41.2 Å². The first kappa shape index (κ1) is 24.7. The minimum atomic E-state index is -0.00527.